The molecule has 1 aliphatic heterocycles. The van der Waals surface area contributed by atoms with E-state index in [9.17, 15) is 0 Å². The fourth-order valence-electron chi connectivity index (χ4n) is 6.07. The van der Waals surface area contributed by atoms with E-state index < -0.39 is 0 Å². The highest BCUT2D eigenvalue weighted by Gasteiger charge is 2.21. The lowest BCUT2D eigenvalue weighted by Crippen LogP contribution is -2.23. The molecule has 3 aromatic carbocycles. The summed E-state index contributed by atoms with van der Waals surface area (Å²) in [4.78, 5) is 2.36. The van der Waals surface area contributed by atoms with Crippen LogP contribution in [-0.2, 0) is 0 Å². The maximum Gasteiger partial charge on any atom is 0.0618 e. The summed E-state index contributed by atoms with van der Waals surface area (Å²) < 4.78 is 0. The second-order valence-corrected chi connectivity index (χ2v) is 11.2. The molecule has 0 spiro atoms. The summed E-state index contributed by atoms with van der Waals surface area (Å²) in [5, 5.41) is 12.8. The van der Waals surface area contributed by atoms with E-state index in [2.05, 4.69) is 150 Å². The number of para-hydroxylation sites is 2. The van der Waals surface area contributed by atoms with Crippen molar-refractivity contribution in [3.8, 4) is 0 Å². The largest absolute Gasteiger partial charge is 0.386 e. The highest BCUT2D eigenvalue weighted by atomic mass is 15.2. The molecular weight excluding hydrogens is 621 g/mol. The first-order valence-electron chi connectivity index (χ1n) is 19.2. The quantitative estimate of drug-likeness (QED) is 0.226. The zero-order valence-electron chi connectivity index (χ0n) is 33.1. The molecule has 4 aliphatic rings. The van der Waals surface area contributed by atoms with Gasteiger partial charge in [-0.3, -0.25) is 0 Å². The van der Waals surface area contributed by atoms with Crippen molar-refractivity contribution in [1.82, 2.24) is 5.32 Å². The Balaban J connectivity index is 0.000000344. The molecule has 0 bridgehead atoms. The van der Waals surface area contributed by atoms with Gasteiger partial charge in [0.2, 0.25) is 0 Å². The standard InChI is InChI=1S/C27H24N2.C12H16N2.4C2H6/c1-19-14-16-23(18-28-26-13-7-12-24(19)26)29(22-9-4-5-10-22)27-17-15-21-8-3-6-11-25(21)20(27)2;1-13-11-8-4-5-9-12(11)14-10-6-2-3-7-10;4*1-2/h3-9,11,13-18,28H,1,10,12H2,2H3;2,4-6,8-10,13-14H,3,7H2,1H3;4*1-2H3/b16-14-,23-18+;;;;;. The average molecular weight is 685 g/mol. The van der Waals surface area contributed by atoms with Gasteiger partial charge >= 0.3 is 0 Å². The molecule has 0 amide bonds. The number of hydrogen-bond donors (Lipinski definition) is 3. The summed E-state index contributed by atoms with van der Waals surface area (Å²) in [6, 6.07) is 21.8. The van der Waals surface area contributed by atoms with Crippen LogP contribution in [0.15, 0.2) is 156 Å². The van der Waals surface area contributed by atoms with E-state index in [0.29, 0.717) is 6.04 Å². The summed E-state index contributed by atoms with van der Waals surface area (Å²) in [7, 11) is 1.95. The van der Waals surface area contributed by atoms with Crippen LogP contribution in [0.1, 0.15) is 86.6 Å². The predicted molar refractivity (Wildman–Crippen MR) is 230 cm³/mol. The van der Waals surface area contributed by atoms with Crippen LogP contribution in [0.2, 0.25) is 0 Å². The minimum absolute atomic E-state index is 0.504. The molecule has 1 atom stereocenters. The van der Waals surface area contributed by atoms with Crippen LogP contribution in [0.5, 0.6) is 0 Å². The molecular formula is C47H64N4. The molecule has 51 heavy (non-hydrogen) atoms. The van der Waals surface area contributed by atoms with Crippen LogP contribution in [-0.4, -0.2) is 13.1 Å². The van der Waals surface area contributed by atoms with Crippen molar-refractivity contribution in [2.75, 3.05) is 22.6 Å². The maximum atomic E-state index is 4.28. The molecule has 3 aliphatic carbocycles. The van der Waals surface area contributed by atoms with Crippen LogP contribution in [0.25, 0.3) is 10.8 Å². The van der Waals surface area contributed by atoms with Crippen LogP contribution in [0.3, 0.4) is 0 Å². The number of fused-ring (bicyclic) bond motifs is 1. The van der Waals surface area contributed by atoms with Crippen molar-refractivity contribution in [3.63, 3.8) is 0 Å². The molecule has 0 saturated heterocycles. The van der Waals surface area contributed by atoms with Crippen molar-refractivity contribution in [2.45, 2.75) is 94.0 Å². The van der Waals surface area contributed by atoms with Gasteiger partial charge in [-0.25, -0.2) is 0 Å². The van der Waals surface area contributed by atoms with Gasteiger partial charge in [0.05, 0.1) is 17.1 Å². The molecule has 4 heteroatoms. The highest BCUT2D eigenvalue weighted by Crippen LogP contribution is 2.36. The second kappa shape index (κ2) is 23.4. The second-order valence-electron chi connectivity index (χ2n) is 11.2. The van der Waals surface area contributed by atoms with E-state index in [-0.39, 0.29) is 0 Å². The number of anilines is 3. The molecule has 3 aromatic rings. The summed E-state index contributed by atoms with van der Waals surface area (Å²) in [5.41, 5.74) is 10.7. The molecule has 0 saturated carbocycles. The van der Waals surface area contributed by atoms with Gasteiger partial charge < -0.3 is 20.9 Å². The van der Waals surface area contributed by atoms with Gasteiger partial charge in [-0.1, -0.05) is 141 Å². The van der Waals surface area contributed by atoms with Crippen LogP contribution in [0.4, 0.5) is 17.1 Å². The Bertz CT molecular complexity index is 1740. The Hall–Kier alpha value is -4.96. The summed E-state index contributed by atoms with van der Waals surface area (Å²) in [5.74, 6) is 0. The number of nitrogens with one attached hydrogen (secondary N) is 3. The molecule has 0 radical (unpaired) electrons. The number of hydrogen-bond acceptors (Lipinski definition) is 4. The van der Waals surface area contributed by atoms with E-state index in [1.807, 2.05) is 68.5 Å². The Morgan fingerprint density at radius 1 is 0.765 bits per heavy atom. The Morgan fingerprint density at radius 2 is 1.47 bits per heavy atom. The van der Waals surface area contributed by atoms with Crippen molar-refractivity contribution >= 4 is 27.8 Å². The van der Waals surface area contributed by atoms with Crippen molar-refractivity contribution < 1.29 is 0 Å². The maximum absolute atomic E-state index is 4.28. The van der Waals surface area contributed by atoms with Crippen LogP contribution < -0.4 is 20.9 Å². The molecule has 0 fully saturated rings. The molecule has 0 aromatic heterocycles. The summed E-state index contributed by atoms with van der Waals surface area (Å²) in [6.07, 6.45) is 26.1. The van der Waals surface area contributed by atoms with E-state index in [0.717, 1.165) is 35.5 Å². The Kier molecular flexibility index (Phi) is 19.4. The number of benzene rings is 3. The highest BCUT2D eigenvalue weighted by molar-refractivity contribution is 5.91. The molecule has 272 valence electrons. The number of nitrogens with zero attached hydrogens (tertiary/aromatic N) is 1. The first-order valence-corrected chi connectivity index (χ1v) is 19.2. The number of rotatable bonds is 6. The lowest BCUT2D eigenvalue weighted by Gasteiger charge is -2.30. The normalized spacial score (nSPS) is 17.6. The van der Waals surface area contributed by atoms with Crippen molar-refractivity contribution in [2.24, 2.45) is 0 Å². The van der Waals surface area contributed by atoms with Crippen LogP contribution >= 0.6 is 0 Å². The number of aryl methyl sites for hydroxylation is 1. The van der Waals surface area contributed by atoms with Gasteiger partial charge in [0.25, 0.3) is 0 Å². The molecule has 1 heterocycles. The fourth-order valence-corrected chi connectivity index (χ4v) is 6.07. The average Bonchev–Trinajstić information content (AvgIpc) is 4.01. The van der Waals surface area contributed by atoms with Crippen LogP contribution in [0, 0.1) is 6.92 Å². The lowest BCUT2D eigenvalue weighted by molar-refractivity contribution is 0.826. The van der Waals surface area contributed by atoms with E-state index in [1.165, 1.54) is 51.8 Å². The number of allylic oxidation sites excluding steroid dienone is 10. The smallest absolute Gasteiger partial charge is 0.0618 e. The topological polar surface area (TPSA) is 39.3 Å². The predicted octanol–water partition coefficient (Wildman–Crippen LogP) is 13.5. The van der Waals surface area contributed by atoms with Gasteiger partial charge in [-0.15, -0.1) is 0 Å². The third-order valence-corrected chi connectivity index (χ3v) is 8.41. The Morgan fingerprint density at radius 3 is 2.14 bits per heavy atom. The monoisotopic (exact) mass is 685 g/mol. The van der Waals surface area contributed by atoms with Gasteiger partial charge in [-0.2, -0.15) is 0 Å². The van der Waals surface area contributed by atoms with Crippen molar-refractivity contribution in [3.05, 3.63) is 162 Å². The third-order valence-electron chi connectivity index (χ3n) is 8.41. The zero-order valence-corrected chi connectivity index (χ0v) is 33.1. The Labute approximate surface area is 310 Å². The molecule has 7 rings (SSSR count). The van der Waals surface area contributed by atoms with Gasteiger partial charge in [-0.05, 0) is 90.1 Å². The van der Waals surface area contributed by atoms with E-state index >= 15 is 0 Å². The fraction of sp³-hybridized carbons (Fsp3) is 0.319. The zero-order chi connectivity index (χ0) is 37.6. The summed E-state index contributed by atoms with van der Waals surface area (Å²) in [6.45, 7) is 22.5. The first-order chi connectivity index (χ1) is 25.1. The first kappa shape index (κ1) is 42.2. The molecule has 4 nitrogen and oxygen atoms in total. The third kappa shape index (κ3) is 11.3. The van der Waals surface area contributed by atoms with E-state index in [4.69, 9.17) is 0 Å². The van der Waals surface area contributed by atoms with E-state index in [1.54, 1.807) is 0 Å². The molecule has 3 N–H and O–H groups in total. The van der Waals surface area contributed by atoms with Gasteiger partial charge in [0.15, 0.2) is 0 Å². The van der Waals surface area contributed by atoms with Gasteiger partial charge in [0, 0.05) is 42.8 Å². The lowest BCUT2D eigenvalue weighted by atomic mass is 10.0. The SMILES string of the molecule is C=C1/C=C\C(N(C2=CC=CC2)c2ccc3ccccc3c2C)=C/NC2=C1CC=C2.CC.CC.CC.CC.CNc1ccccc1NC1C=CCC1. The van der Waals surface area contributed by atoms with Crippen molar-refractivity contribution in [1.29, 1.82) is 0 Å². The minimum atomic E-state index is 0.504. The van der Waals surface area contributed by atoms with Gasteiger partial charge in [0.1, 0.15) is 0 Å². The summed E-state index contributed by atoms with van der Waals surface area (Å²) >= 11 is 0. The minimum Gasteiger partial charge on any atom is -0.386 e. The molecule has 1 unspecified atom stereocenters.